The molecular formula is C14H23NO3. The lowest BCUT2D eigenvalue weighted by atomic mass is 10.0. The van der Waals surface area contributed by atoms with Gasteiger partial charge in [0.2, 0.25) is 0 Å². The normalized spacial score (nSPS) is 13.2. The van der Waals surface area contributed by atoms with E-state index < -0.39 is 5.60 Å². The molecule has 0 aliphatic carbocycles. The molecule has 102 valence electrons. The van der Waals surface area contributed by atoms with Crippen molar-refractivity contribution in [1.29, 1.82) is 0 Å². The molecule has 1 aromatic rings. The van der Waals surface area contributed by atoms with Crippen LogP contribution in [-0.4, -0.2) is 31.5 Å². The molecule has 2 N–H and O–H groups in total. The van der Waals surface area contributed by atoms with Crippen molar-refractivity contribution in [3.63, 3.8) is 0 Å². The van der Waals surface area contributed by atoms with Crippen LogP contribution in [0.2, 0.25) is 0 Å². The van der Waals surface area contributed by atoms with Crippen molar-refractivity contribution in [3.05, 3.63) is 23.8 Å². The van der Waals surface area contributed by atoms with Crippen LogP contribution < -0.4 is 14.8 Å². The van der Waals surface area contributed by atoms with Gasteiger partial charge in [0.1, 0.15) is 11.5 Å². The third-order valence-electron chi connectivity index (χ3n) is 2.75. The van der Waals surface area contributed by atoms with E-state index in [-0.39, 0.29) is 6.04 Å². The van der Waals surface area contributed by atoms with Gasteiger partial charge >= 0.3 is 0 Å². The fraction of sp³-hybridized carbons (Fsp3) is 0.571. The first-order valence-corrected chi connectivity index (χ1v) is 6.05. The molecule has 0 aliphatic heterocycles. The molecule has 0 radical (unpaired) electrons. The van der Waals surface area contributed by atoms with Gasteiger partial charge in [-0.25, -0.2) is 0 Å². The number of benzene rings is 1. The zero-order chi connectivity index (χ0) is 13.8. The van der Waals surface area contributed by atoms with Crippen molar-refractivity contribution in [3.8, 4) is 11.5 Å². The maximum Gasteiger partial charge on any atom is 0.127 e. The van der Waals surface area contributed by atoms with Crippen LogP contribution in [0.5, 0.6) is 11.5 Å². The highest BCUT2D eigenvalue weighted by molar-refractivity contribution is 5.42. The van der Waals surface area contributed by atoms with Crippen molar-refractivity contribution in [2.45, 2.75) is 32.4 Å². The average molecular weight is 253 g/mol. The molecule has 0 saturated heterocycles. The van der Waals surface area contributed by atoms with E-state index >= 15 is 0 Å². The van der Waals surface area contributed by atoms with Gasteiger partial charge in [0, 0.05) is 24.2 Å². The number of nitrogens with one attached hydrogen (secondary N) is 1. The molecule has 1 rings (SSSR count). The van der Waals surface area contributed by atoms with Gasteiger partial charge in [0.05, 0.1) is 19.8 Å². The van der Waals surface area contributed by atoms with Crippen molar-refractivity contribution >= 4 is 0 Å². The maximum absolute atomic E-state index is 9.71. The summed E-state index contributed by atoms with van der Waals surface area (Å²) in [6, 6.07) is 5.83. The summed E-state index contributed by atoms with van der Waals surface area (Å²) < 4.78 is 10.5. The first kappa shape index (κ1) is 14.8. The quantitative estimate of drug-likeness (QED) is 0.815. The minimum absolute atomic E-state index is 0.0947. The Kier molecular flexibility index (Phi) is 4.99. The molecule has 4 heteroatoms. The smallest absolute Gasteiger partial charge is 0.127 e. The summed E-state index contributed by atoms with van der Waals surface area (Å²) >= 11 is 0. The SMILES string of the molecule is COc1ccc(C(C)NCC(C)(C)O)c(OC)c1. The number of aliphatic hydroxyl groups is 1. The topological polar surface area (TPSA) is 50.7 Å². The van der Waals surface area contributed by atoms with E-state index in [1.807, 2.05) is 25.1 Å². The molecule has 1 aromatic carbocycles. The van der Waals surface area contributed by atoms with Gasteiger partial charge in [0.25, 0.3) is 0 Å². The zero-order valence-corrected chi connectivity index (χ0v) is 11.8. The van der Waals surface area contributed by atoms with Crippen molar-refractivity contribution in [1.82, 2.24) is 5.32 Å². The summed E-state index contributed by atoms with van der Waals surface area (Å²) in [5, 5.41) is 13.0. The van der Waals surface area contributed by atoms with Crippen LogP contribution in [0.4, 0.5) is 0 Å². The predicted molar refractivity (Wildman–Crippen MR) is 72.3 cm³/mol. The summed E-state index contributed by atoms with van der Waals surface area (Å²) in [5.74, 6) is 1.55. The molecule has 1 atom stereocenters. The Hall–Kier alpha value is -1.26. The van der Waals surface area contributed by atoms with E-state index in [0.717, 1.165) is 17.1 Å². The molecule has 0 aliphatic rings. The van der Waals surface area contributed by atoms with Crippen LogP contribution in [0.15, 0.2) is 18.2 Å². The predicted octanol–water partition coefficient (Wildman–Crippen LogP) is 2.13. The van der Waals surface area contributed by atoms with Gasteiger partial charge in [0.15, 0.2) is 0 Å². The molecule has 4 nitrogen and oxygen atoms in total. The van der Waals surface area contributed by atoms with Gasteiger partial charge in [-0.05, 0) is 26.8 Å². The number of rotatable bonds is 6. The lowest BCUT2D eigenvalue weighted by molar-refractivity contribution is 0.0769. The number of ether oxygens (including phenoxy) is 2. The van der Waals surface area contributed by atoms with Crippen molar-refractivity contribution in [2.75, 3.05) is 20.8 Å². The second kappa shape index (κ2) is 6.07. The van der Waals surface area contributed by atoms with Gasteiger partial charge < -0.3 is 19.9 Å². The van der Waals surface area contributed by atoms with Gasteiger partial charge in [-0.1, -0.05) is 6.07 Å². The minimum atomic E-state index is -0.728. The number of hydrogen-bond donors (Lipinski definition) is 2. The van der Waals surface area contributed by atoms with E-state index in [9.17, 15) is 5.11 Å². The Bertz CT molecular complexity index is 385. The first-order chi connectivity index (χ1) is 8.37. The van der Waals surface area contributed by atoms with E-state index in [4.69, 9.17) is 9.47 Å². The highest BCUT2D eigenvalue weighted by Crippen LogP contribution is 2.29. The number of methoxy groups -OCH3 is 2. The van der Waals surface area contributed by atoms with E-state index in [1.165, 1.54) is 0 Å². The molecule has 1 unspecified atom stereocenters. The van der Waals surface area contributed by atoms with Crippen molar-refractivity contribution < 1.29 is 14.6 Å². The van der Waals surface area contributed by atoms with Gasteiger partial charge in [-0.15, -0.1) is 0 Å². The third kappa shape index (κ3) is 4.20. The van der Waals surface area contributed by atoms with Crippen LogP contribution in [0.25, 0.3) is 0 Å². The largest absolute Gasteiger partial charge is 0.497 e. The molecule has 0 amide bonds. The second-order valence-corrected chi connectivity index (χ2v) is 5.02. The molecule has 0 saturated carbocycles. The van der Waals surface area contributed by atoms with E-state index in [2.05, 4.69) is 5.32 Å². The lowest BCUT2D eigenvalue weighted by Crippen LogP contribution is -2.36. The average Bonchev–Trinajstić information content (AvgIpc) is 2.34. The maximum atomic E-state index is 9.71. The van der Waals surface area contributed by atoms with Crippen LogP contribution in [0.3, 0.4) is 0 Å². The fourth-order valence-electron chi connectivity index (χ4n) is 1.69. The molecule has 0 aromatic heterocycles. The van der Waals surface area contributed by atoms with Crippen LogP contribution in [-0.2, 0) is 0 Å². The molecular weight excluding hydrogens is 230 g/mol. The van der Waals surface area contributed by atoms with Crippen LogP contribution in [0.1, 0.15) is 32.4 Å². The minimum Gasteiger partial charge on any atom is -0.497 e. The summed E-state index contributed by atoms with van der Waals surface area (Å²) in [6.45, 7) is 6.11. The molecule has 18 heavy (non-hydrogen) atoms. The number of hydrogen-bond acceptors (Lipinski definition) is 4. The van der Waals surface area contributed by atoms with Gasteiger partial charge in [-0.2, -0.15) is 0 Å². The summed E-state index contributed by atoms with van der Waals surface area (Å²) in [6.07, 6.45) is 0. The molecule has 0 spiro atoms. The Morgan fingerprint density at radius 2 is 1.94 bits per heavy atom. The van der Waals surface area contributed by atoms with Crippen LogP contribution in [0, 0.1) is 0 Å². The summed E-state index contributed by atoms with van der Waals surface area (Å²) in [4.78, 5) is 0. The standard InChI is InChI=1S/C14H23NO3/c1-10(15-9-14(2,3)16)12-7-6-11(17-4)8-13(12)18-5/h6-8,10,15-16H,9H2,1-5H3. The lowest BCUT2D eigenvalue weighted by Gasteiger charge is -2.23. The molecule has 0 heterocycles. The Morgan fingerprint density at radius 1 is 1.28 bits per heavy atom. The monoisotopic (exact) mass is 253 g/mol. The summed E-state index contributed by atoms with van der Waals surface area (Å²) in [5.41, 5.74) is 0.316. The Balaban J connectivity index is 2.81. The molecule has 0 fully saturated rings. The first-order valence-electron chi connectivity index (χ1n) is 6.05. The highest BCUT2D eigenvalue weighted by atomic mass is 16.5. The Morgan fingerprint density at radius 3 is 2.44 bits per heavy atom. The second-order valence-electron chi connectivity index (χ2n) is 5.02. The van der Waals surface area contributed by atoms with Crippen LogP contribution >= 0.6 is 0 Å². The molecule has 0 bridgehead atoms. The van der Waals surface area contributed by atoms with Gasteiger partial charge in [-0.3, -0.25) is 0 Å². The van der Waals surface area contributed by atoms with Crippen molar-refractivity contribution in [2.24, 2.45) is 0 Å². The van der Waals surface area contributed by atoms with E-state index in [1.54, 1.807) is 28.1 Å². The third-order valence-corrected chi connectivity index (χ3v) is 2.75. The zero-order valence-electron chi connectivity index (χ0n) is 11.8. The van der Waals surface area contributed by atoms with E-state index in [0.29, 0.717) is 6.54 Å². The Labute approximate surface area is 109 Å². The summed E-state index contributed by atoms with van der Waals surface area (Å²) in [7, 11) is 3.27. The highest BCUT2D eigenvalue weighted by Gasteiger charge is 2.17. The fourth-order valence-corrected chi connectivity index (χ4v) is 1.69.